The lowest BCUT2D eigenvalue weighted by atomic mass is 9.86. The average Bonchev–Trinajstić information content (AvgIpc) is 3.11. The molecule has 0 spiro atoms. The molecule has 1 aromatic carbocycles. The summed E-state index contributed by atoms with van der Waals surface area (Å²) >= 11 is 0. The van der Waals surface area contributed by atoms with E-state index in [0.29, 0.717) is 30.3 Å². The molecule has 2 atom stereocenters. The lowest BCUT2D eigenvalue weighted by Gasteiger charge is -2.27. The van der Waals surface area contributed by atoms with Crippen molar-refractivity contribution in [3.8, 4) is 11.3 Å². The third kappa shape index (κ3) is 5.06. The number of aromatic nitrogens is 1. The Bertz CT molecular complexity index is 950. The molecule has 0 unspecified atom stereocenters. The van der Waals surface area contributed by atoms with Gasteiger partial charge in [-0.3, -0.25) is 4.79 Å². The van der Waals surface area contributed by atoms with Gasteiger partial charge in [0.1, 0.15) is 11.6 Å². The summed E-state index contributed by atoms with van der Waals surface area (Å²) in [4.78, 5) is 13.1. The lowest BCUT2D eigenvalue weighted by molar-refractivity contribution is 0.0662. The number of nitrogens with zero attached hydrogens (tertiary/aromatic N) is 1. The molecule has 2 aromatic rings. The fourth-order valence-electron chi connectivity index (χ4n) is 5.40. The van der Waals surface area contributed by atoms with Crippen molar-refractivity contribution >= 4 is 5.91 Å². The van der Waals surface area contributed by atoms with Crippen LogP contribution in [0.25, 0.3) is 11.3 Å². The van der Waals surface area contributed by atoms with Gasteiger partial charge in [-0.25, -0.2) is 8.78 Å². The van der Waals surface area contributed by atoms with E-state index in [2.05, 4.69) is 5.32 Å². The van der Waals surface area contributed by atoms with Gasteiger partial charge in [-0.05, 0) is 62.8 Å². The molecule has 1 heterocycles. The zero-order chi connectivity index (χ0) is 22.7. The van der Waals surface area contributed by atoms with Crippen molar-refractivity contribution in [2.45, 2.75) is 77.4 Å². The van der Waals surface area contributed by atoms with E-state index in [1.54, 1.807) is 6.07 Å². The molecular weight excluding hydrogens is 410 g/mol. The smallest absolute Gasteiger partial charge is 0.253 e. The molecule has 2 saturated carbocycles. The first-order valence-corrected chi connectivity index (χ1v) is 12.1. The van der Waals surface area contributed by atoms with Crippen LogP contribution in [0.3, 0.4) is 0 Å². The van der Waals surface area contributed by atoms with Crippen molar-refractivity contribution < 1.29 is 18.7 Å². The number of hydrogen-bond acceptors (Lipinski definition) is 2. The highest BCUT2D eigenvalue weighted by atomic mass is 19.1. The van der Waals surface area contributed by atoms with Gasteiger partial charge in [-0.15, -0.1) is 0 Å². The minimum Gasteiger partial charge on any atom is -0.393 e. The van der Waals surface area contributed by atoms with Crippen molar-refractivity contribution in [1.29, 1.82) is 0 Å². The van der Waals surface area contributed by atoms with Gasteiger partial charge in [-0.1, -0.05) is 32.1 Å². The van der Waals surface area contributed by atoms with E-state index < -0.39 is 11.6 Å². The molecule has 1 aromatic heterocycles. The Morgan fingerprint density at radius 2 is 1.78 bits per heavy atom. The van der Waals surface area contributed by atoms with Gasteiger partial charge in [0.05, 0.1) is 17.4 Å². The minimum absolute atomic E-state index is 0.0671. The molecular formula is C26H34F2N2O2. The summed E-state index contributed by atoms with van der Waals surface area (Å²) in [7, 11) is 0. The first-order valence-electron chi connectivity index (χ1n) is 12.1. The second-order valence-corrected chi connectivity index (χ2v) is 9.59. The summed E-state index contributed by atoms with van der Waals surface area (Å²) in [5, 5.41) is 13.2. The van der Waals surface area contributed by atoms with Gasteiger partial charge < -0.3 is 15.0 Å². The molecule has 0 bridgehead atoms. The molecule has 6 heteroatoms. The van der Waals surface area contributed by atoms with Gasteiger partial charge in [0.25, 0.3) is 5.91 Å². The minimum atomic E-state index is -0.498. The molecule has 0 aliphatic heterocycles. The van der Waals surface area contributed by atoms with Crippen LogP contribution in [0.1, 0.15) is 73.8 Å². The van der Waals surface area contributed by atoms with Gasteiger partial charge in [0.2, 0.25) is 0 Å². The number of carbonyl (C=O) groups excluding carboxylic acids is 1. The Morgan fingerprint density at radius 1 is 1.06 bits per heavy atom. The number of carbonyl (C=O) groups is 1. The van der Waals surface area contributed by atoms with Crippen LogP contribution in [0.5, 0.6) is 0 Å². The summed E-state index contributed by atoms with van der Waals surface area (Å²) in [6.45, 7) is 3.01. The highest BCUT2D eigenvalue weighted by Crippen LogP contribution is 2.33. The lowest BCUT2D eigenvalue weighted by Crippen LogP contribution is -2.36. The fraction of sp³-hybridized carbons (Fsp3) is 0.577. The van der Waals surface area contributed by atoms with Crippen LogP contribution >= 0.6 is 0 Å². The topological polar surface area (TPSA) is 54.3 Å². The Balaban J connectivity index is 1.62. The summed E-state index contributed by atoms with van der Waals surface area (Å²) in [6, 6.07) is 5.16. The average molecular weight is 445 g/mol. The maximum atomic E-state index is 14.7. The van der Waals surface area contributed by atoms with Crippen LogP contribution in [0, 0.1) is 30.4 Å². The van der Waals surface area contributed by atoms with Crippen LogP contribution < -0.4 is 5.32 Å². The second-order valence-electron chi connectivity index (χ2n) is 9.59. The van der Waals surface area contributed by atoms with Crippen LogP contribution in [0.15, 0.2) is 24.3 Å². The third-order valence-electron chi connectivity index (χ3n) is 7.37. The zero-order valence-electron chi connectivity index (χ0n) is 18.9. The van der Waals surface area contributed by atoms with E-state index >= 15 is 0 Å². The van der Waals surface area contributed by atoms with E-state index in [1.165, 1.54) is 25.3 Å². The van der Waals surface area contributed by atoms with E-state index in [-0.39, 0.29) is 23.5 Å². The summed E-state index contributed by atoms with van der Waals surface area (Å²) < 4.78 is 30.7. The predicted octanol–water partition coefficient (Wildman–Crippen LogP) is 5.60. The number of halogens is 2. The first kappa shape index (κ1) is 23.0. The van der Waals surface area contributed by atoms with Gasteiger partial charge in [0.15, 0.2) is 0 Å². The van der Waals surface area contributed by atoms with Crippen LogP contribution in [0.2, 0.25) is 0 Å². The Labute approximate surface area is 189 Å². The molecule has 2 fully saturated rings. The second kappa shape index (κ2) is 10.2. The fourth-order valence-corrected chi connectivity index (χ4v) is 5.40. The standard InChI is InChI=1S/C26H34F2N2O2/c1-17-21(26(32)29-15-19-9-5-6-10-25(19)31)14-24(22-13-20(27)11-12-23(22)28)30(17)16-18-7-3-2-4-8-18/h11-14,18-19,25,31H,2-10,15-16H2,1H3,(H,29,32)/t19-,25-/m1/s1. The SMILES string of the molecule is Cc1c(C(=O)NC[C@H]2CCCC[C@H]2O)cc(-c2cc(F)ccc2F)n1CC1CCCCC1. The van der Waals surface area contributed by atoms with E-state index in [0.717, 1.165) is 56.4 Å². The molecule has 4 nitrogen and oxygen atoms in total. The maximum absolute atomic E-state index is 14.7. The Kier molecular flexibility index (Phi) is 7.29. The van der Waals surface area contributed by atoms with E-state index in [1.807, 2.05) is 11.5 Å². The molecule has 0 radical (unpaired) electrons. The van der Waals surface area contributed by atoms with Crippen LogP contribution in [0.4, 0.5) is 8.78 Å². The summed E-state index contributed by atoms with van der Waals surface area (Å²) in [5.74, 6) is -0.676. The quantitative estimate of drug-likeness (QED) is 0.609. The van der Waals surface area contributed by atoms with Gasteiger partial charge >= 0.3 is 0 Å². The van der Waals surface area contributed by atoms with E-state index in [4.69, 9.17) is 0 Å². The van der Waals surface area contributed by atoms with Gasteiger partial charge in [-0.2, -0.15) is 0 Å². The van der Waals surface area contributed by atoms with Crippen molar-refractivity contribution in [3.05, 3.63) is 47.2 Å². The van der Waals surface area contributed by atoms with Crippen molar-refractivity contribution in [2.75, 3.05) is 6.54 Å². The maximum Gasteiger partial charge on any atom is 0.253 e. The predicted molar refractivity (Wildman–Crippen MR) is 121 cm³/mol. The van der Waals surface area contributed by atoms with Crippen LogP contribution in [-0.2, 0) is 6.54 Å². The molecule has 2 aliphatic rings. The van der Waals surface area contributed by atoms with Crippen LogP contribution in [-0.4, -0.2) is 28.2 Å². The normalized spacial score (nSPS) is 22.1. The summed E-state index contributed by atoms with van der Waals surface area (Å²) in [6.07, 6.45) is 9.24. The molecule has 4 rings (SSSR count). The highest BCUT2D eigenvalue weighted by Gasteiger charge is 2.26. The Morgan fingerprint density at radius 3 is 2.53 bits per heavy atom. The van der Waals surface area contributed by atoms with Crippen molar-refractivity contribution in [1.82, 2.24) is 9.88 Å². The molecule has 1 amide bonds. The van der Waals surface area contributed by atoms with Crippen molar-refractivity contribution in [3.63, 3.8) is 0 Å². The molecule has 2 aliphatic carbocycles. The highest BCUT2D eigenvalue weighted by molar-refractivity contribution is 5.97. The molecule has 32 heavy (non-hydrogen) atoms. The van der Waals surface area contributed by atoms with Crippen molar-refractivity contribution in [2.24, 2.45) is 11.8 Å². The number of aliphatic hydroxyl groups excluding tert-OH is 1. The number of benzene rings is 1. The molecule has 2 N–H and O–H groups in total. The summed E-state index contributed by atoms with van der Waals surface area (Å²) in [5.41, 5.74) is 2.00. The monoisotopic (exact) mass is 444 g/mol. The number of rotatable bonds is 6. The molecule has 174 valence electrons. The number of nitrogens with one attached hydrogen (secondary N) is 1. The Hall–Kier alpha value is -2.21. The van der Waals surface area contributed by atoms with E-state index in [9.17, 15) is 18.7 Å². The third-order valence-corrected chi connectivity index (χ3v) is 7.37. The number of aliphatic hydroxyl groups is 1. The number of hydrogen-bond donors (Lipinski definition) is 2. The largest absolute Gasteiger partial charge is 0.393 e. The number of amides is 1. The first-order chi connectivity index (χ1) is 15.4. The molecule has 0 saturated heterocycles. The van der Waals surface area contributed by atoms with Gasteiger partial charge in [0, 0.05) is 30.3 Å². The zero-order valence-corrected chi connectivity index (χ0v) is 18.9.